The van der Waals surface area contributed by atoms with E-state index < -0.39 is 0 Å². The summed E-state index contributed by atoms with van der Waals surface area (Å²) in [7, 11) is 2.05. The number of rotatable bonds is 14. The molecule has 0 aliphatic rings. The molecule has 3 rings (SSSR count). The number of anilines is 1. The van der Waals surface area contributed by atoms with Gasteiger partial charge in [0.2, 0.25) is 0 Å². The summed E-state index contributed by atoms with van der Waals surface area (Å²) in [6, 6.07) is 16.7. The highest BCUT2D eigenvalue weighted by Gasteiger charge is 2.11. The molecule has 5 nitrogen and oxygen atoms in total. The van der Waals surface area contributed by atoms with Crippen LogP contribution in [0.15, 0.2) is 60.8 Å². The summed E-state index contributed by atoms with van der Waals surface area (Å²) in [4.78, 5) is 20.0. The van der Waals surface area contributed by atoms with Gasteiger partial charge in [-0.1, -0.05) is 32.0 Å². The van der Waals surface area contributed by atoms with Crippen LogP contribution in [0.1, 0.15) is 37.8 Å². The van der Waals surface area contributed by atoms with Crippen LogP contribution in [-0.2, 0) is 11.3 Å². The van der Waals surface area contributed by atoms with Crippen molar-refractivity contribution in [1.82, 2.24) is 9.88 Å². The molecule has 0 spiro atoms. The van der Waals surface area contributed by atoms with Crippen molar-refractivity contribution in [2.45, 2.75) is 40.2 Å². The summed E-state index contributed by atoms with van der Waals surface area (Å²) in [6.45, 7) is 10.2. The molecule has 0 saturated heterocycles. The molecule has 192 valence electrons. The topological polar surface area (TPSA) is 45.7 Å². The van der Waals surface area contributed by atoms with Gasteiger partial charge < -0.3 is 9.64 Å². The maximum Gasteiger partial charge on any atom is 0.157 e. The van der Waals surface area contributed by atoms with E-state index in [0.717, 1.165) is 67.1 Å². The lowest BCUT2D eigenvalue weighted by Crippen LogP contribution is -2.34. The molecular formula is C30H38FN3O2. The normalized spacial score (nSPS) is 11.2. The van der Waals surface area contributed by atoms with Gasteiger partial charge in [0.25, 0.3) is 0 Å². The molecule has 2 aromatic carbocycles. The Morgan fingerprint density at radius 3 is 2.56 bits per heavy atom. The number of halogens is 1. The van der Waals surface area contributed by atoms with Crippen LogP contribution in [0.2, 0.25) is 0 Å². The highest BCUT2D eigenvalue weighted by atomic mass is 19.1. The summed E-state index contributed by atoms with van der Waals surface area (Å²) in [5.74, 6) is 2.05. The largest absolute Gasteiger partial charge is 0.486 e. The van der Waals surface area contributed by atoms with Crippen molar-refractivity contribution in [3.05, 3.63) is 77.7 Å². The minimum absolute atomic E-state index is 0.0663. The summed E-state index contributed by atoms with van der Waals surface area (Å²) >= 11 is 0. The Hall–Kier alpha value is -3.25. The van der Waals surface area contributed by atoms with E-state index in [-0.39, 0.29) is 12.4 Å². The number of nitrogens with zero attached hydrogens (tertiary/aromatic N) is 3. The van der Waals surface area contributed by atoms with E-state index in [1.165, 1.54) is 24.1 Å². The lowest BCUT2D eigenvalue weighted by Gasteiger charge is -2.27. The average Bonchev–Trinajstić information content (AvgIpc) is 2.85. The first-order chi connectivity index (χ1) is 17.3. The number of carbonyl (C=O) groups is 1. The predicted octanol–water partition coefficient (Wildman–Crippen LogP) is 6.15. The maximum atomic E-state index is 13.6. The third-order valence-corrected chi connectivity index (χ3v) is 6.14. The van der Waals surface area contributed by atoms with E-state index >= 15 is 0 Å². The Morgan fingerprint density at radius 1 is 1.03 bits per heavy atom. The lowest BCUT2D eigenvalue weighted by atomic mass is 10.1. The minimum Gasteiger partial charge on any atom is -0.486 e. The Morgan fingerprint density at radius 2 is 1.86 bits per heavy atom. The van der Waals surface area contributed by atoms with Crippen molar-refractivity contribution in [1.29, 1.82) is 0 Å². The van der Waals surface area contributed by atoms with Gasteiger partial charge in [0.1, 0.15) is 24.0 Å². The number of aryl methyl sites for hydroxylation is 1. The number of hydrogen-bond acceptors (Lipinski definition) is 5. The van der Waals surface area contributed by atoms with Crippen LogP contribution in [-0.4, -0.2) is 49.5 Å². The molecule has 1 aromatic heterocycles. The third kappa shape index (κ3) is 8.76. The van der Waals surface area contributed by atoms with Crippen LogP contribution in [0.5, 0.6) is 5.75 Å². The highest BCUT2D eigenvalue weighted by Crippen LogP contribution is 2.22. The number of hydrogen-bond donors (Lipinski definition) is 0. The SMILES string of the molecule is Cc1cc(CN(CCCC(C)C)CCN(C)c2ccc(-c3cccc(F)c3)cn2)cc(OCC=O)c1. The van der Waals surface area contributed by atoms with Crippen LogP contribution >= 0.6 is 0 Å². The molecule has 1 heterocycles. The number of likely N-dealkylation sites (N-methyl/N-ethyl adjacent to an activating group) is 1. The van der Waals surface area contributed by atoms with Crippen LogP contribution in [0.3, 0.4) is 0 Å². The van der Waals surface area contributed by atoms with Gasteiger partial charge in [-0.15, -0.1) is 0 Å². The van der Waals surface area contributed by atoms with E-state index in [9.17, 15) is 9.18 Å². The first kappa shape index (κ1) is 27.3. The lowest BCUT2D eigenvalue weighted by molar-refractivity contribution is -0.109. The molecule has 0 atom stereocenters. The first-order valence-corrected chi connectivity index (χ1v) is 12.7. The second-order valence-corrected chi connectivity index (χ2v) is 9.78. The summed E-state index contributed by atoms with van der Waals surface area (Å²) in [6.07, 6.45) is 4.91. The smallest absolute Gasteiger partial charge is 0.157 e. The Labute approximate surface area is 214 Å². The van der Waals surface area contributed by atoms with E-state index in [2.05, 4.69) is 41.7 Å². The second kappa shape index (κ2) is 13.7. The average molecular weight is 492 g/mol. The molecule has 0 unspecified atom stereocenters. The molecule has 0 radical (unpaired) electrons. The fourth-order valence-electron chi connectivity index (χ4n) is 4.24. The van der Waals surface area contributed by atoms with Gasteiger partial charge in [-0.2, -0.15) is 0 Å². The van der Waals surface area contributed by atoms with Gasteiger partial charge in [-0.25, -0.2) is 9.37 Å². The zero-order valence-corrected chi connectivity index (χ0v) is 21.9. The van der Waals surface area contributed by atoms with Crippen molar-refractivity contribution in [2.75, 3.05) is 38.2 Å². The standard InChI is InChI=1S/C30H38FN3O2/c1-23(2)7-6-12-34(22-25-17-24(3)18-29(19-25)36-16-15-35)14-13-33(4)30-11-10-27(21-32-30)26-8-5-9-28(31)20-26/h5,8-11,15,17-21,23H,6-7,12-14,16,22H2,1-4H3. The summed E-state index contributed by atoms with van der Waals surface area (Å²) < 4.78 is 19.1. The Kier molecular flexibility index (Phi) is 10.4. The van der Waals surface area contributed by atoms with E-state index in [1.54, 1.807) is 12.3 Å². The number of aldehydes is 1. The van der Waals surface area contributed by atoms with E-state index in [0.29, 0.717) is 5.92 Å². The molecule has 3 aromatic rings. The molecule has 0 bridgehead atoms. The molecule has 0 aliphatic carbocycles. The van der Waals surface area contributed by atoms with Gasteiger partial charge in [0.15, 0.2) is 6.29 Å². The van der Waals surface area contributed by atoms with Crippen molar-refractivity contribution in [3.8, 4) is 16.9 Å². The predicted molar refractivity (Wildman–Crippen MR) is 145 cm³/mol. The summed E-state index contributed by atoms with van der Waals surface area (Å²) in [5.41, 5.74) is 4.02. The van der Waals surface area contributed by atoms with Gasteiger partial charge in [-0.3, -0.25) is 9.69 Å². The van der Waals surface area contributed by atoms with Crippen LogP contribution in [0.4, 0.5) is 10.2 Å². The highest BCUT2D eigenvalue weighted by molar-refractivity contribution is 5.63. The molecule has 0 saturated carbocycles. The zero-order chi connectivity index (χ0) is 25.9. The zero-order valence-electron chi connectivity index (χ0n) is 21.9. The number of aromatic nitrogens is 1. The molecule has 6 heteroatoms. The Bertz CT molecular complexity index is 1100. The number of benzene rings is 2. The van der Waals surface area contributed by atoms with Crippen molar-refractivity contribution in [2.24, 2.45) is 5.92 Å². The third-order valence-electron chi connectivity index (χ3n) is 6.14. The van der Waals surface area contributed by atoms with Gasteiger partial charge in [-0.05, 0) is 85.3 Å². The van der Waals surface area contributed by atoms with E-state index in [1.807, 2.05) is 37.3 Å². The van der Waals surface area contributed by atoms with Gasteiger partial charge >= 0.3 is 0 Å². The monoisotopic (exact) mass is 491 g/mol. The van der Waals surface area contributed by atoms with Crippen molar-refractivity contribution in [3.63, 3.8) is 0 Å². The summed E-state index contributed by atoms with van der Waals surface area (Å²) in [5, 5.41) is 0. The molecule has 0 N–H and O–H groups in total. The number of carbonyl (C=O) groups excluding carboxylic acids is 1. The maximum absolute atomic E-state index is 13.6. The molecule has 0 aliphatic heterocycles. The fraction of sp³-hybridized carbons (Fsp3) is 0.400. The number of ether oxygens (including phenoxy) is 1. The molecule has 36 heavy (non-hydrogen) atoms. The van der Waals surface area contributed by atoms with Crippen LogP contribution < -0.4 is 9.64 Å². The van der Waals surface area contributed by atoms with Crippen LogP contribution in [0.25, 0.3) is 11.1 Å². The van der Waals surface area contributed by atoms with Crippen molar-refractivity contribution < 1.29 is 13.9 Å². The molecule has 0 fully saturated rings. The van der Waals surface area contributed by atoms with Crippen molar-refractivity contribution >= 4 is 12.1 Å². The quantitative estimate of drug-likeness (QED) is 0.253. The minimum atomic E-state index is -0.248. The fourth-order valence-corrected chi connectivity index (χ4v) is 4.24. The second-order valence-electron chi connectivity index (χ2n) is 9.78. The van der Waals surface area contributed by atoms with Gasteiger partial charge in [0.05, 0.1) is 0 Å². The first-order valence-electron chi connectivity index (χ1n) is 12.7. The van der Waals surface area contributed by atoms with E-state index in [4.69, 9.17) is 4.74 Å². The van der Waals surface area contributed by atoms with Gasteiger partial charge in [0, 0.05) is 38.4 Å². The molecule has 0 amide bonds. The number of pyridine rings is 1. The molecular weight excluding hydrogens is 453 g/mol. The van der Waals surface area contributed by atoms with Crippen LogP contribution in [0, 0.1) is 18.7 Å². The Balaban J connectivity index is 1.65.